The van der Waals surface area contributed by atoms with Gasteiger partial charge in [0.15, 0.2) is 0 Å². The molecule has 1 rings (SSSR count). The minimum Gasteiger partial charge on any atom is -0.299 e. The molecule has 3 N–H and O–H groups in total. The van der Waals surface area contributed by atoms with Crippen molar-refractivity contribution in [3.05, 3.63) is 0 Å². The van der Waals surface area contributed by atoms with Gasteiger partial charge in [0.2, 0.25) is 5.91 Å². The second kappa shape index (κ2) is 5.83. The van der Waals surface area contributed by atoms with Gasteiger partial charge in [0.1, 0.15) is 0 Å². The van der Waals surface area contributed by atoms with Crippen molar-refractivity contribution in [2.24, 2.45) is 17.2 Å². The van der Waals surface area contributed by atoms with E-state index in [2.05, 4.69) is 24.2 Å². The highest BCUT2D eigenvalue weighted by atomic mass is 16.2. The first kappa shape index (κ1) is 14.5. The molecule has 0 heterocycles. The monoisotopic (exact) mass is 241 g/mol. The van der Waals surface area contributed by atoms with Crippen molar-refractivity contribution in [2.45, 2.75) is 53.0 Å². The number of amides is 1. The molecule has 1 aliphatic rings. The highest BCUT2D eigenvalue weighted by Gasteiger charge is 2.36. The van der Waals surface area contributed by atoms with Crippen LogP contribution in [-0.4, -0.2) is 29.9 Å². The quantitative estimate of drug-likeness (QED) is 0.403. The second-order valence-corrected chi connectivity index (χ2v) is 6.24. The van der Waals surface area contributed by atoms with Crippen LogP contribution in [0.25, 0.3) is 0 Å². The first-order valence-corrected chi connectivity index (χ1v) is 6.62. The van der Waals surface area contributed by atoms with Crippen molar-refractivity contribution >= 4 is 5.91 Å². The topological polar surface area (TPSA) is 58.4 Å². The zero-order chi connectivity index (χ0) is 13.1. The summed E-state index contributed by atoms with van der Waals surface area (Å²) in [5, 5.41) is 0. The molecule has 0 radical (unpaired) electrons. The Hall–Kier alpha value is -0.610. The number of rotatable bonds is 7. The second-order valence-electron chi connectivity index (χ2n) is 6.24. The third kappa shape index (κ3) is 4.64. The fourth-order valence-corrected chi connectivity index (χ4v) is 2.03. The molecule has 0 aromatic carbocycles. The predicted molar refractivity (Wildman–Crippen MR) is 70.2 cm³/mol. The summed E-state index contributed by atoms with van der Waals surface area (Å²) in [5.74, 6) is 5.86. The van der Waals surface area contributed by atoms with Crippen LogP contribution < -0.4 is 11.3 Å². The summed E-state index contributed by atoms with van der Waals surface area (Å²) in [6, 6.07) is 0.693. The van der Waals surface area contributed by atoms with Gasteiger partial charge < -0.3 is 0 Å². The molecule has 0 atom stereocenters. The molecule has 1 saturated carbocycles. The maximum Gasteiger partial charge on any atom is 0.240 e. The van der Waals surface area contributed by atoms with E-state index in [1.165, 1.54) is 19.3 Å². The normalized spacial score (nSPS) is 16.6. The van der Waals surface area contributed by atoms with Crippen LogP contribution in [-0.2, 0) is 4.79 Å². The Kier molecular flexibility index (Phi) is 4.95. The molecule has 17 heavy (non-hydrogen) atoms. The van der Waals surface area contributed by atoms with Crippen LogP contribution in [0.2, 0.25) is 0 Å². The van der Waals surface area contributed by atoms with E-state index in [1.807, 2.05) is 13.8 Å². The Labute approximate surface area is 105 Å². The lowest BCUT2D eigenvalue weighted by molar-refractivity contribution is -0.130. The molecule has 1 amide bonds. The fourth-order valence-electron chi connectivity index (χ4n) is 2.03. The average molecular weight is 241 g/mol. The Bertz CT molecular complexity index is 259. The summed E-state index contributed by atoms with van der Waals surface area (Å²) in [4.78, 5) is 14.1. The van der Waals surface area contributed by atoms with Crippen molar-refractivity contribution < 1.29 is 4.79 Å². The molecule has 0 unspecified atom stereocenters. The molecule has 0 aromatic rings. The molecule has 0 aliphatic heterocycles. The van der Waals surface area contributed by atoms with Gasteiger partial charge in [0.25, 0.3) is 0 Å². The minimum absolute atomic E-state index is 0.0762. The third-order valence-corrected chi connectivity index (χ3v) is 3.40. The highest BCUT2D eigenvalue weighted by molar-refractivity contribution is 5.81. The zero-order valence-corrected chi connectivity index (χ0v) is 11.6. The molecule has 100 valence electrons. The van der Waals surface area contributed by atoms with Crippen molar-refractivity contribution in [2.75, 3.05) is 13.1 Å². The lowest BCUT2D eigenvalue weighted by atomic mass is 9.91. The van der Waals surface area contributed by atoms with Crippen molar-refractivity contribution in [1.82, 2.24) is 10.3 Å². The average Bonchev–Trinajstić information content (AvgIpc) is 3.06. The number of carbonyl (C=O) groups excluding carboxylic acids is 1. The van der Waals surface area contributed by atoms with E-state index >= 15 is 0 Å². The van der Waals surface area contributed by atoms with E-state index in [0.717, 1.165) is 13.1 Å². The van der Waals surface area contributed by atoms with Gasteiger partial charge in [0.05, 0.1) is 5.41 Å². The van der Waals surface area contributed by atoms with Crippen LogP contribution in [0.15, 0.2) is 0 Å². The number of nitrogens with one attached hydrogen (secondary N) is 1. The first-order chi connectivity index (χ1) is 7.86. The number of nitrogens with two attached hydrogens (primary N) is 1. The minimum atomic E-state index is -0.408. The van der Waals surface area contributed by atoms with Crippen molar-refractivity contribution in [3.8, 4) is 0 Å². The van der Waals surface area contributed by atoms with Crippen LogP contribution in [0.1, 0.15) is 47.0 Å². The molecule has 4 heteroatoms. The number of nitrogens with zero attached hydrogens (tertiary/aromatic N) is 1. The van der Waals surface area contributed by atoms with Gasteiger partial charge in [-0.25, -0.2) is 5.84 Å². The standard InChI is InChI=1S/C13H27N3O/c1-10(2)7-8-16(11-5-6-11)9-13(3,4)12(17)15-14/h10-11H,5-9,14H2,1-4H3,(H,15,17). The summed E-state index contributed by atoms with van der Waals surface area (Å²) in [6.45, 7) is 10.3. The van der Waals surface area contributed by atoms with Gasteiger partial charge in [-0.05, 0) is 45.6 Å². The lowest BCUT2D eigenvalue weighted by Crippen LogP contribution is -2.48. The molecular weight excluding hydrogens is 214 g/mol. The van der Waals surface area contributed by atoms with E-state index in [0.29, 0.717) is 12.0 Å². The molecule has 4 nitrogen and oxygen atoms in total. The number of hydrogen-bond donors (Lipinski definition) is 2. The summed E-state index contributed by atoms with van der Waals surface area (Å²) in [6.07, 6.45) is 3.74. The van der Waals surface area contributed by atoms with Gasteiger partial charge in [0, 0.05) is 12.6 Å². The predicted octanol–water partition coefficient (Wildman–Crippen LogP) is 1.51. The molecule has 1 fully saturated rings. The van der Waals surface area contributed by atoms with Crippen molar-refractivity contribution in [3.63, 3.8) is 0 Å². The molecule has 0 spiro atoms. The summed E-state index contributed by atoms with van der Waals surface area (Å²) in [7, 11) is 0. The maximum absolute atomic E-state index is 11.7. The Balaban J connectivity index is 2.51. The van der Waals surface area contributed by atoms with Gasteiger partial charge in [-0.3, -0.25) is 15.1 Å². The van der Waals surface area contributed by atoms with Gasteiger partial charge in [-0.2, -0.15) is 0 Å². The third-order valence-electron chi connectivity index (χ3n) is 3.40. The summed E-state index contributed by atoms with van der Waals surface area (Å²) >= 11 is 0. The van der Waals surface area contributed by atoms with Crippen molar-refractivity contribution in [1.29, 1.82) is 0 Å². The fraction of sp³-hybridized carbons (Fsp3) is 0.923. The number of hydrogen-bond acceptors (Lipinski definition) is 3. The van der Waals surface area contributed by atoms with E-state index in [9.17, 15) is 4.79 Å². The summed E-state index contributed by atoms with van der Waals surface area (Å²) in [5.41, 5.74) is 1.86. The molecule has 0 aromatic heterocycles. The smallest absolute Gasteiger partial charge is 0.240 e. The number of hydrazine groups is 1. The number of carbonyl (C=O) groups is 1. The SMILES string of the molecule is CC(C)CCN(CC(C)(C)C(=O)NN)C1CC1. The molecule has 1 aliphatic carbocycles. The van der Waals surface area contributed by atoms with E-state index < -0.39 is 5.41 Å². The molecule has 0 saturated heterocycles. The lowest BCUT2D eigenvalue weighted by Gasteiger charge is -2.31. The van der Waals surface area contributed by atoms with Crippen LogP contribution in [0.5, 0.6) is 0 Å². The molecular formula is C13H27N3O. The Morgan fingerprint density at radius 3 is 2.47 bits per heavy atom. The van der Waals surface area contributed by atoms with Gasteiger partial charge in [-0.15, -0.1) is 0 Å². The van der Waals surface area contributed by atoms with Gasteiger partial charge in [-0.1, -0.05) is 13.8 Å². The maximum atomic E-state index is 11.7. The Morgan fingerprint density at radius 1 is 1.47 bits per heavy atom. The molecule has 0 bridgehead atoms. The van der Waals surface area contributed by atoms with E-state index in [-0.39, 0.29) is 5.91 Å². The Morgan fingerprint density at radius 2 is 2.06 bits per heavy atom. The van der Waals surface area contributed by atoms with Crippen LogP contribution in [0, 0.1) is 11.3 Å². The highest BCUT2D eigenvalue weighted by Crippen LogP contribution is 2.30. The van der Waals surface area contributed by atoms with Crippen LogP contribution >= 0.6 is 0 Å². The van der Waals surface area contributed by atoms with Crippen LogP contribution in [0.4, 0.5) is 0 Å². The van der Waals surface area contributed by atoms with Gasteiger partial charge >= 0.3 is 0 Å². The first-order valence-electron chi connectivity index (χ1n) is 6.62. The largest absolute Gasteiger partial charge is 0.299 e. The van der Waals surface area contributed by atoms with E-state index in [4.69, 9.17) is 5.84 Å². The van der Waals surface area contributed by atoms with E-state index in [1.54, 1.807) is 0 Å². The summed E-state index contributed by atoms with van der Waals surface area (Å²) < 4.78 is 0. The van der Waals surface area contributed by atoms with Crippen LogP contribution in [0.3, 0.4) is 0 Å². The zero-order valence-electron chi connectivity index (χ0n) is 11.6.